The lowest BCUT2D eigenvalue weighted by Gasteiger charge is -2.46. The van der Waals surface area contributed by atoms with Crippen LogP contribution in [0.15, 0.2) is 59.1 Å². The van der Waals surface area contributed by atoms with Gasteiger partial charge in [-0.25, -0.2) is 4.21 Å². The van der Waals surface area contributed by atoms with Gasteiger partial charge in [0.05, 0.1) is 43.5 Å². The summed E-state index contributed by atoms with van der Waals surface area (Å²) in [6, 6.07) is 11.5. The number of aromatic nitrogens is 2. The van der Waals surface area contributed by atoms with Gasteiger partial charge in [0.25, 0.3) is 11.8 Å². The van der Waals surface area contributed by atoms with E-state index in [2.05, 4.69) is 36.1 Å². The molecule has 60 heavy (non-hydrogen) atoms. The maximum Gasteiger partial charge on any atom is 0.286 e. The van der Waals surface area contributed by atoms with E-state index in [1.165, 1.54) is 22.0 Å². The molecule has 2 fully saturated rings. The number of carbonyl (C=O) groups is 2. The van der Waals surface area contributed by atoms with E-state index in [-0.39, 0.29) is 40.2 Å². The molecule has 2 amide bonds. The molecule has 324 valence electrons. The number of benzene rings is 2. The summed E-state index contributed by atoms with van der Waals surface area (Å²) in [4.78, 5) is 33.0. The van der Waals surface area contributed by atoms with E-state index in [1.54, 1.807) is 27.3 Å². The molecule has 16 heteroatoms. The van der Waals surface area contributed by atoms with Gasteiger partial charge >= 0.3 is 0 Å². The summed E-state index contributed by atoms with van der Waals surface area (Å²) in [6.07, 6.45) is 9.78. The van der Waals surface area contributed by atoms with E-state index < -0.39 is 33.8 Å². The molecule has 14 nitrogen and oxygen atoms in total. The smallest absolute Gasteiger partial charge is 0.286 e. The molecule has 1 saturated carbocycles. The number of anilines is 1. The van der Waals surface area contributed by atoms with Crippen molar-refractivity contribution < 1.29 is 37.5 Å². The van der Waals surface area contributed by atoms with Crippen LogP contribution in [0.25, 0.3) is 0 Å². The van der Waals surface area contributed by atoms with Crippen molar-refractivity contribution in [2.75, 3.05) is 84.0 Å². The van der Waals surface area contributed by atoms with Gasteiger partial charge in [-0.2, -0.15) is 0 Å². The first-order valence-corrected chi connectivity index (χ1v) is 23.1. The van der Waals surface area contributed by atoms with Crippen LogP contribution >= 0.6 is 11.6 Å². The van der Waals surface area contributed by atoms with Gasteiger partial charge in [0.1, 0.15) is 27.8 Å². The molecule has 3 aromatic rings. The number of ether oxygens (including phenoxy) is 5. The number of hydrogen-bond donors (Lipinski definition) is 1. The molecule has 2 aromatic carbocycles. The van der Waals surface area contributed by atoms with Gasteiger partial charge in [0.15, 0.2) is 0 Å². The first-order chi connectivity index (χ1) is 29.0. The predicted octanol–water partition coefficient (Wildman–Crippen LogP) is 5.47. The molecule has 1 spiro atoms. The Hall–Kier alpha value is -3.99. The Bertz CT molecular complexity index is 2220. The van der Waals surface area contributed by atoms with Crippen LogP contribution in [-0.2, 0) is 43.0 Å². The number of morpholine rings is 1. The van der Waals surface area contributed by atoms with Gasteiger partial charge in [-0.05, 0) is 91.3 Å². The fourth-order valence-electron chi connectivity index (χ4n) is 9.67. The number of hydrogen-bond acceptors (Lipinski definition) is 11. The standard InChI is InChI=1S/C44H57ClN6O8S/c1-29-26-60(54,48-42(53)35-25-49(2)46-43(35)58-21-18-50-16-19-57-20-17-50)47-41(52)31-8-12-40-37(23-31)51(24-32-7-10-34(32)39(56-4)14-13-38(29)55-3)27-44(28-59-40)15-5-6-30-22-33(45)9-11-36(30)44/h8-9,11-14,22-23,25,29,32,34,38-39H,5-7,10,15-21,24,26-28H2,1-4H3,(H,47,48,52,53,54)/b14-13-/t29-,32+,34-,38+,39+,44+,60?/m1/s1. The SMILES string of the molecule is CO[C@H]1/C=C\[C@H](OC)[C@H](C)CS(=O)(NC(=O)c2cn(C)nc2OCCN2CCOCC2)=NC(=O)c2ccc3c(c2)N(C[C@@H]2CC[C@H]21)C[C@@]1(CCCc2cc(Cl)ccc21)CO3. The zero-order chi connectivity index (χ0) is 42.0. The van der Waals surface area contributed by atoms with Crippen LogP contribution in [-0.4, -0.2) is 122 Å². The van der Waals surface area contributed by atoms with Gasteiger partial charge in [-0.15, -0.1) is 9.46 Å². The van der Waals surface area contributed by atoms with E-state index in [0.717, 1.165) is 62.4 Å². The molecule has 1 unspecified atom stereocenters. The molecule has 5 aliphatic rings. The van der Waals surface area contributed by atoms with Gasteiger partial charge in [-0.1, -0.05) is 36.7 Å². The van der Waals surface area contributed by atoms with Crippen LogP contribution in [0.3, 0.4) is 0 Å². The Balaban J connectivity index is 1.15. The maximum absolute atomic E-state index is 15.1. The Morgan fingerprint density at radius 1 is 1.08 bits per heavy atom. The normalized spacial score (nSPS) is 30.2. The monoisotopic (exact) mass is 864 g/mol. The summed E-state index contributed by atoms with van der Waals surface area (Å²) < 4.78 is 53.8. The number of rotatable bonds is 8. The second-order valence-corrected chi connectivity index (χ2v) is 19.4. The highest BCUT2D eigenvalue weighted by molar-refractivity contribution is 7.92. The zero-order valence-electron chi connectivity index (χ0n) is 35.0. The lowest BCUT2D eigenvalue weighted by Crippen LogP contribution is -2.49. The number of carbonyl (C=O) groups excluding carboxylic acids is 2. The van der Waals surface area contributed by atoms with Crippen LogP contribution in [0.1, 0.15) is 64.4 Å². The van der Waals surface area contributed by atoms with E-state index in [9.17, 15) is 9.59 Å². The van der Waals surface area contributed by atoms with E-state index in [0.29, 0.717) is 51.2 Å². The van der Waals surface area contributed by atoms with Gasteiger partial charge in [0, 0.05) is 76.2 Å². The number of aryl methyl sites for hydroxylation is 2. The Labute approximate surface area is 358 Å². The summed E-state index contributed by atoms with van der Waals surface area (Å²) in [5.41, 5.74) is 3.31. The first-order valence-electron chi connectivity index (χ1n) is 21.1. The fourth-order valence-corrected chi connectivity index (χ4v) is 11.7. The van der Waals surface area contributed by atoms with Crippen molar-refractivity contribution in [2.45, 2.75) is 56.7 Å². The summed E-state index contributed by atoms with van der Waals surface area (Å²) >= 11 is 6.50. The third-order valence-corrected chi connectivity index (χ3v) is 15.2. The van der Waals surface area contributed by atoms with E-state index in [4.69, 9.17) is 35.3 Å². The molecule has 2 bridgehead atoms. The summed E-state index contributed by atoms with van der Waals surface area (Å²) in [5.74, 6) is -0.682. The minimum absolute atomic E-state index is 0.0872. The van der Waals surface area contributed by atoms with Crippen molar-refractivity contribution in [1.82, 2.24) is 19.4 Å². The molecule has 1 N–H and O–H groups in total. The second kappa shape index (κ2) is 18.2. The van der Waals surface area contributed by atoms with Crippen LogP contribution in [0.2, 0.25) is 5.02 Å². The van der Waals surface area contributed by atoms with Crippen LogP contribution in [0.5, 0.6) is 11.6 Å². The van der Waals surface area contributed by atoms with Gasteiger partial charge in [-0.3, -0.25) is 23.9 Å². The Morgan fingerprint density at radius 2 is 1.88 bits per heavy atom. The molecule has 0 radical (unpaired) electrons. The number of methoxy groups -OCH3 is 2. The van der Waals surface area contributed by atoms with Gasteiger partial charge < -0.3 is 28.6 Å². The second-order valence-electron chi connectivity index (χ2n) is 17.0. The van der Waals surface area contributed by atoms with Crippen molar-refractivity contribution >= 4 is 39.0 Å². The molecule has 1 aromatic heterocycles. The highest BCUT2D eigenvalue weighted by atomic mass is 35.5. The van der Waals surface area contributed by atoms with E-state index >= 15 is 4.21 Å². The molecule has 7 atom stereocenters. The number of nitrogens with one attached hydrogen (secondary N) is 1. The largest absolute Gasteiger partial charge is 0.490 e. The molecule has 1 saturated heterocycles. The third-order valence-electron chi connectivity index (χ3n) is 13.0. The van der Waals surface area contributed by atoms with Crippen LogP contribution in [0, 0.1) is 17.8 Å². The summed E-state index contributed by atoms with van der Waals surface area (Å²) in [7, 11) is 1.24. The number of nitrogens with zero attached hydrogens (tertiary/aromatic N) is 5. The Morgan fingerprint density at radius 3 is 2.65 bits per heavy atom. The third kappa shape index (κ3) is 9.12. The highest BCUT2D eigenvalue weighted by Crippen LogP contribution is 2.47. The molecular weight excluding hydrogens is 808 g/mol. The minimum Gasteiger partial charge on any atom is -0.490 e. The number of amides is 2. The maximum atomic E-state index is 15.1. The average Bonchev–Trinajstić information content (AvgIpc) is 3.53. The number of fused-ring (bicyclic) bond motifs is 4. The fraction of sp³-hybridized carbons (Fsp3) is 0.568. The summed E-state index contributed by atoms with van der Waals surface area (Å²) in [5, 5.41) is 5.10. The molecule has 8 rings (SSSR count). The molecule has 2 aliphatic carbocycles. The van der Waals surface area contributed by atoms with E-state index in [1.807, 2.05) is 37.3 Å². The average molecular weight is 865 g/mol. The first kappa shape index (κ1) is 42.7. The number of halogens is 1. The summed E-state index contributed by atoms with van der Waals surface area (Å²) in [6.45, 7) is 7.57. The quantitative estimate of drug-likeness (QED) is 0.288. The van der Waals surface area contributed by atoms with Crippen molar-refractivity contribution in [2.24, 2.45) is 29.2 Å². The van der Waals surface area contributed by atoms with Crippen molar-refractivity contribution in [3.8, 4) is 11.6 Å². The molecule has 4 heterocycles. The lowest BCUT2D eigenvalue weighted by atomic mass is 9.68. The van der Waals surface area contributed by atoms with Crippen molar-refractivity contribution in [1.29, 1.82) is 0 Å². The molecule has 3 aliphatic heterocycles. The van der Waals surface area contributed by atoms with Crippen LogP contribution in [0.4, 0.5) is 5.69 Å². The minimum atomic E-state index is -3.77. The predicted molar refractivity (Wildman–Crippen MR) is 230 cm³/mol. The molecular formula is C44H57ClN6O8S. The van der Waals surface area contributed by atoms with Gasteiger partial charge in [0.2, 0.25) is 5.88 Å². The zero-order valence-corrected chi connectivity index (χ0v) is 36.6. The highest BCUT2D eigenvalue weighted by Gasteiger charge is 2.44. The Kier molecular flexibility index (Phi) is 12.9. The topological polar surface area (TPSA) is 146 Å². The van der Waals surface area contributed by atoms with Crippen molar-refractivity contribution in [3.05, 3.63) is 82.0 Å². The van der Waals surface area contributed by atoms with Crippen LogP contribution < -0.4 is 19.1 Å². The van der Waals surface area contributed by atoms with Crippen molar-refractivity contribution in [3.63, 3.8) is 0 Å². The lowest BCUT2D eigenvalue weighted by molar-refractivity contribution is 0.0120.